The number of rotatable bonds is 3. The summed E-state index contributed by atoms with van der Waals surface area (Å²) < 4.78 is 7.24. The molecule has 20 heavy (non-hydrogen) atoms. The summed E-state index contributed by atoms with van der Waals surface area (Å²) in [6.07, 6.45) is 3.89. The molecule has 0 aliphatic heterocycles. The van der Waals surface area contributed by atoms with Crippen molar-refractivity contribution in [2.45, 2.75) is 59.1 Å². The lowest BCUT2D eigenvalue weighted by Crippen LogP contribution is -2.34. The van der Waals surface area contributed by atoms with Gasteiger partial charge in [-0.25, -0.2) is 0 Å². The monoisotopic (exact) mass is 339 g/mol. The van der Waals surface area contributed by atoms with E-state index < -0.39 is 0 Å². The van der Waals surface area contributed by atoms with Crippen LogP contribution < -0.4 is 10.5 Å². The van der Waals surface area contributed by atoms with Crippen LogP contribution in [0.4, 0.5) is 0 Å². The molecule has 1 aromatic carbocycles. The molecule has 0 aromatic heterocycles. The first-order valence-electron chi connectivity index (χ1n) is 7.48. The smallest absolute Gasteiger partial charge is 0.120 e. The predicted molar refractivity (Wildman–Crippen MR) is 88.0 cm³/mol. The van der Waals surface area contributed by atoms with Crippen molar-refractivity contribution >= 4 is 15.9 Å². The second kappa shape index (κ2) is 6.07. The summed E-state index contributed by atoms with van der Waals surface area (Å²) in [4.78, 5) is 0. The van der Waals surface area contributed by atoms with Crippen molar-refractivity contribution in [3.05, 3.63) is 28.2 Å². The van der Waals surface area contributed by atoms with Crippen LogP contribution in [0.2, 0.25) is 0 Å². The van der Waals surface area contributed by atoms with Crippen molar-refractivity contribution in [3.63, 3.8) is 0 Å². The lowest BCUT2D eigenvalue weighted by Gasteiger charge is -2.38. The van der Waals surface area contributed by atoms with Crippen LogP contribution in [0.1, 0.15) is 58.6 Å². The summed E-state index contributed by atoms with van der Waals surface area (Å²) in [5, 5.41) is 0. The molecule has 0 saturated heterocycles. The standard InChI is InChI=1S/C17H26BrNO/c1-11-7-14(10-17(3,4)9-11)20-13-5-6-15(12(2)19)16(18)8-13/h5-6,8,11-12,14H,7,9-10,19H2,1-4H3. The largest absolute Gasteiger partial charge is 0.490 e. The zero-order valence-corrected chi connectivity index (χ0v) is 14.5. The number of nitrogens with two attached hydrogens (primary N) is 1. The fraction of sp³-hybridized carbons (Fsp3) is 0.647. The van der Waals surface area contributed by atoms with E-state index in [4.69, 9.17) is 10.5 Å². The minimum absolute atomic E-state index is 0.0343. The predicted octanol–water partition coefficient (Wildman–Crippen LogP) is 5.06. The van der Waals surface area contributed by atoms with E-state index in [0.717, 1.165) is 34.5 Å². The minimum atomic E-state index is 0.0343. The molecule has 0 bridgehead atoms. The topological polar surface area (TPSA) is 35.2 Å². The maximum absolute atomic E-state index is 6.21. The van der Waals surface area contributed by atoms with Crippen LogP contribution in [0.15, 0.2) is 22.7 Å². The third kappa shape index (κ3) is 3.98. The van der Waals surface area contributed by atoms with Crippen LogP contribution in [0, 0.1) is 11.3 Å². The van der Waals surface area contributed by atoms with Gasteiger partial charge in [0.15, 0.2) is 0 Å². The zero-order chi connectivity index (χ0) is 14.9. The van der Waals surface area contributed by atoms with Crippen molar-refractivity contribution in [2.24, 2.45) is 17.1 Å². The fourth-order valence-corrected chi connectivity index (χ4v) is 4.21. The number of ether oxygens (including phenoxy) is 1. The Bertz CT molecular complexity index is 470. The second-order valence-corrected chi connectivity index (χ2v) is 7.98. The SMILES string of the molecule is CC1CC(Oc2ccc(C(C)N)c(Br)c2)CC(C)(C)C1. The van der Waals surface area contributed by atoms with Gasteiger partial charge in [0.2, 0.25) is 0 Å². The quantitative estimate of drug-likeness (QED) is 0.834. The molecule has 1 aromatic rings. The fourth-order valence-electron chi connectivity index (χ4n) is 3.49. The molecule has 0 heterocycles. The highest BCUT2D eigenvalue weighted by Crippen LogP contribution is 2.40. The maximum atomic E-state index is 6.21. The van der Waals surface area contributed by atoms with Crippen molar-refractivity contribution in [2.75, 3.05) is 0 Å². The molecule has 1 aliphatic carbocycles. The van der Waals surface area contributed by atoms with Crippen LogP contribution in [0.3, 0.4) is 0 Å². The van der Waals surface area contributed by atoms with E-state index in [0.29, 0.717) is 11.5 Å². The van der Waals surface area contributed by atoms with Crippen LogP contribution in [0.5, 0.6) is 5.75 Å². The Morgan fingerprint density at radius 3 is 2.60 bits per heavy atom. The molecule has 1 aliphatic rings. The van der Waals surface area contributed by atoms with E-state index in [-0.39, 0.29) is 6.04 Å². The van der Waals surface area contributed by atoms with Gasteiger partial charge in [0, 0.05) is 10.5 Å². The Hall–Kier alpha value is -0.540. The van der Waals surface area contributed by atoms with Gasteiger partial charge in [-0.15, -0.1) is 0 Å². The summed E-state index contributed by atoms with van der Waals surface area (Å²) in [6, 6.07) is 6.18. The molecule has 1 fully saturated rings. The van der Waals surface area contributed by atoms with E-state index in [1.165, 1.54) is 6.42 Å². The molecule has 3 atom stereocenters. The summed E-state index contributed by atoms with van der Waals surface area (Å²) in [5.74, 6) is 1.67. The van der Waals surface area contributed by atoms with Gasteiger partial charge >= 0.3 is 0 Å². The maximum Gasteiger partial charge on any atom is 0.120 e. The number of halogens is 1. The van der Waals surface area contributed by atoms with Crippen LogP contribution >= 0.6 is 15.9 Å². The van der Waals surface area contributed by atoms with Gasteiger partial charge in [0.1, 0.15) is 5.75 Å². The molecular formula is C17H26BrNO. The van der Waals surface area contributed by atoms with Gasteiger partial charge in [-0.05, 0) is 55.2 Å². The highest BCUT2D eigenvalue weighted by atomic mass is 79.9. The van der Waals surface area contributed by atoms with Crippen LogP contribution in [0.25, 0.3) is 0 Å². The molecule has 3 heteroatoms. The van der Waals surface area contributed by atoms with E-state index in [9.17, 15) is 0 Å². The zero-order valence-electron chi connectivity index (χ0n) is 12.9. The van der Waals surface area contributed by atoms with E-state index in [1.54, 1.807) is 0 Å². The molecule has 3 unspecified atom stereocenters. The third-order valence-electron chi connectivity index (χ3n) is 4.11. The van der Waals surface area contributed by atoms with Crippen molar-refractivity contribution in [1.29, 1.82) is 0 Å². The van der Waals surface area contributed by atoms with Gasteiger partial charge in [0.05, 0.1) is 6.10 Å². The summed E-state index contributed by atoms with van der Waals surface area (Å²) in [7, 11) is 0. The van der Waals surface area contributed by atoms with Gasteiger partial charge < -0.3 is 10.5 Å². The number of hydrogen-bond acceptors (Lipinski definition) is 2. The summed E-state index contributed by atoms with van der Waals surface area (Å²) in [5.41, 5.74) is 7.43. The Morgan fingerprint density at radius 2 is 2.05 bits per heavy atom. The first-order chi connectivity index (χ1) is 9.27. The number of hydrogen-bond donors (Lipinski definition) is 1. The second-order valence-electron chi connectivity index (χ2n) is 7.13. The summed E-state index contributed by atoms with van der Waals surface area (Å²) in [6.45, 7) is 9.00. The molecule has 2 nitrogen and oxygen atoms in total. The third-order valence-corrected chi connectivity index (χ3v) is 4.80. The molecule has 112 valence electrons. The first-order valence-corrected chi connectivity index (χ1v) is 8.28. The Labute approximate surface area is 131 Å². The normalized spacial score (nSPS) is 27.1. The molecule has 1 saturated carbocycles. The highest BCUT2D eigenvalue weighted by Gasteiger charge is 2.33. The van der Waals surface area contributed by atoms with Gasteiger partial charge in [-0.3, -0.25) is 0 Å². The average molecular weight is 340 g/mol. The Balaban J connectivity index is 2.08. The highest BCUT2D eigenvalue weighted by molar-refractivity contribution is 9.10. The van der Waals surface area contributed by atoms with Crippen LogP contribution in [-0.2, 0) is 0 Å². The van der Waals surface area contributed by atoms with Crippen molar-refractivity contribution < 1.29 is 4.74 Å². The van der Waals surface area contributed by atoms with Gasteiger partial charge in [-0.2, -0.15) is 0 Å². The first kappa shape index (κ1) is 15.8. The van der Waals surface area contributed by atoms with Crippen molar-refractivity contribution in [1.82, 2.24) is 0 Å². The molecule has 0 amide bonds. The summed E-state index contributed by atoms with van der Waals surface area (Å²) >= 11 is 3.59. The molecule has 0 radical (unpaired) electrons. The lowest BCUT2D eigenvalue weighted by molar-refractivity contribution is 0.0562. The van der Waals surface area contributed by atoms with Gasteiger partial charge in [-0.1, -0.05) is 42.8 Å². The van der Waals surface area contributed by atoms with E-state index in [1.807, 2.05) is 19.1 Å². The lowest BCUT2D eigenvalue weighted by atomic mass is 9.71. The van der Waals surface area contributed by atoms with E-state index >= 15 is 0 Å². The minimum Gasteiger partial charge on any atom is -0.490 e. The Kier molecular flexibility index (Phi) is 4.80. The van der Waals surface area contributed by atoms with E-state index in [2.05, 4.69) is 42.8 Å². The van der Waals surface area contributed by atoms with Crippen LogP contribution in [-0.4, -0.2) is 6.10 Å². The molecule has 2 N–H and O–H groups in total. The van der Waals surface area contributed by atoms with Crippen molar-refractivity contribution in [3.8, 4) is 5.75 Å². The average Bonchev–Trinajstić information content (AvgIpc) is 2.25. The molecular weight excluding hydrogens is 314 g/mol. The van der Waals surface area contributed by atoms with Gasteiger partial charge in [0.25, 0.3) is 0 Å². The molecule has 2 rings (SSSR count). The number of benzene rings is 1. The molecule has 0 spiro atoms. The Morgan fingerprint density at radius 1 is 1.35 bits per heavy atom.